The van der Waals surface area contributed by atoms with Crippen LogP contribution in [0, 0.1) is 5.92 Å². The number of likely N-dealkylation sites (N-methyl/N-ethyl adjacent to an activating group) is 1. The Morgan fingerprint density at radius 1 is 1.13 bits per heavy atom. The molecule has 0 aliphatic carbocycles. The minimum atomic E-state index is -0.254. The Labute approximate surface area is 141 Å². The van der Waals surface area contributed by atoms with E-state index in [1.165, 1.54) is 11.3 Å². The molecule has 2 N–H and O–H groups in total. The molecule has 1 aromatic rings. The molecule has 1 aromatic carbocycles. The van der Waals surface area contributed by atoms with E-state index < -0.39 is 0 Å². The molecule has 0 spiro atoms. The van der Waals surface area contributed by atoms with Gasteiger partial charge in [-0.15, -0.1) is 0 Å². The van der Waals surface area contributed by atoms with Crippen molar-refractivity contribution in [3.63, 3.8) is 0 Å². The quantitative estimate of drug-likeness (QED) is 0.771. The van der Waals surface area contributed by atoms with Crippen LogP contribution in [0.1, 0.15) is 32.8 Å². The van der Waals surface area contributed by atoms with Gasteiger partial charge in [0.25, 0.3) is 0 Å². The van der Waals surface area contributed by atoms with Gasteiger partial charge in [-0.05, 0) is 30.5 Å². The number of anilines is 1. The average molecular weight is 319 g/mol. The van der Waals surface area contributed by atoms with E-state index in [9.17, 15) is 5.11 Å². The van der Waals surface area contributed by atoms with Crippen molar-refractivity contribution in [1.82, 2.24) is 10.2 Å². The normalized spacial score (nSPS) is 17.7. The van der Waals surface area contributed by atoms with E-state index in [1.807, 2.05) is 0 Å². The van der Waals surface area contributed by atoms with E-state index in [-0.39, 0.29) is 6.10 Å². The number of hydrogen-bond donors (Lipinski definition) is 2. The van der Waals surface area contributed by atoms with Crippen molar-refractivity contribution >= 4 is 5.69 Å². The lowest BCUT2D eigenvalue weighted by atomic mass is 10.1. The molecule has 1 saturated heterocycles. The number of benzene rings is 1. The minimum Gasteiger partial charge on any atom is -0.392 e. The first-order valence-corrected chi connectivity index (χ1v) is 9.04. The number of aliphatic hydroxyl groups excluding tert-OH is 1. The van der Waals surface area contributed by atoms with Crippen LogP contribution >= 0.6 is 0 Å². The SMILES string of the molecule is CCN1CCN(c2ccccc2CNCC(O)CC(C)C)CC1. The van der Waals surface area contributed by atoms with Crippen LogP contribution in [0.3, 0.4) is 0 Å². The number of hydrogen-bond acceptors (Lipinski definition) is 4. The summed E-state index contributed by atoms with van der Waals surface area (Å²) in [5.74, 6) is 0.536. The lowest BCUT2D eigenvalue weighted by Crippen LogP contribution is -2.46. The van der Waals surface area contributed by atoms with E-state index in [1.54, 1.807) is 0 Å². The molecule has 4 heteroatoms. The van der Waals surface area contributed by atoms with Gasteiger partial charge in [-0.25, -0.2) is 0 Å². The molecule has 1 fully saturated rings. The van der Waals surface area contributed by atoms with Crippen LogP contribution in [0.25, 0.3) is 0 Å². The molecule has 0 bridgehead atoms. The van der Waals surface area contributed by atoms with Crippen LogP contribution in [0.4, 0.5) is 5.69 Å². The van der Waals surface area contributed by atoms with E-state index in [2.05, 4.69) is 60.2 Å². The Morgan fingerprint density at radius 3 is 2.48 bits per heavy atom. The molecular formula is C19H33N3O. The smallest absolute Gasteiger partial charge is 0.0667 e. The van der Waals surface area contributed by atoms with Crippen LogP contribution < -0.4 is 10.2 Å². The Morgan fingerprint density at radius 2 is 1.83 bits per heavy atom. The van der Waals surface area contributed by atoms with Gasteiger partial charge in [0, 0.05) is 45.0 Å². The Balaban J connectivity index is 1.88. The minimum absolute atomic E-state index is 0.254. The summed E-state index contributed by atoms with van der Waals surface area (Å²) < 4.78 is 0. The summed E-state index contributed by atoms with van der Waals surface area (Å²) in [6, 6.07) is 8.65. The second-order valence-corrected chi connectivity index (χ2v) is 6.96. The van der Waals surface area contributed by atoms with Crippen LogP contribution in [-0.2, 0) is 6.54 Å². The van der Waals surface area contributed by atoms with Gasteiger partial charge in [0.1, 0.15) is 0 Å². The maximum atomic E-state index is 9.99. The van der Waals surface area contributed by atoms with Crippen molar-refractivity contribution in [2.24, 2.45) is 5.92 Å². The highest BCUT2D eigenvalue weighted by molar-refractivity contribution is 5.54. The first kappa shape index (κ1) is 18.2. The molecule has 0 saturated carbocycles. The van der Waals surface area contributed by atoms with E-state index in [0.717, 1.165) is 45.7 Å². The number of para-hydroxylation sites is 1. The van der Waals surface area contributed by atoms with Crippen molar-refractivity contribution in [3.8, 4) is 0 Å². The third-order valence-corrected chi connectivity index (χ3v) is 4.59. The summed E-state index contributed by atoms with van der Waals surface area (Å²) in [5, 5.41) is 13.4. The van der Waals surface area contributed by atoms with Gasteiger partial charge in [-0.3, -0.25) is 0 Å². The van der Waals surface area contributed by atoms with Crippen LogP contribution in [0.15, 0.2) is 24.3 Å². The van der Waals surface area contributed by atoms with Gasteiger partial charge < -0.3 is 20.2 Å². The molecule has 1 unspecified atom stereocenters. The molecule has 0 radical (unpaired) electrons. The Hall–Kier alpha value is -1.10. The molecule has 1 aliphatic heterocycles. The number of nitrogens with one attached hydrogen (secondary N) is 1. The summed E-state index contributed by atoms with van der Waals surface area (Å²) in [4.78, 5) is 4.99. The molecule has 4 nitrogen and oxygen atoms in total. The molecular weight excluding hydrogens is 286 g/mol. The summed E-state index contributed by atoms with van der Waals surface area (Å²) in [6.07, 6.45) is 0.600. The largest absolute Gasteiger partial charge is 0.392 e. The van der Waals surface area contributed by atoms with Crippen molar-refractivity contribution in [2.75, 3.05) is 44.2 Å². The second-order valence-electron chi connectivity index (χ2n) is 6.96. The van der Waals surface area contributed by atoms with Gasteiger partial charge in [-0.2, -0.15) is 0 Å². The predicted molar refractivity (Wildman–Crippen MR) is 97.9 cm³/mol. The van der Waals surface area contributed by atoms with E-state index in [4.69, 9.17) is 0 Å². The number of piperazine rings is 1. The predicted octanol–water partition coefficient (Wildman–Crippen LogP) is 2.33. The zero-order valence-electron chi connectivity index (χ0n) is 15.0. The highest BCUT2D eigenvalue weighted by atomic mass is 16.3. The number of rotatable bonds is 8. The monoisotopic (exact) mass is 319 g/mol. The average Bonchev–Trinajstić information content (AvgIpc) is 2.55. The Bertz CT molecular complexity index is 456. The molecule has 1 atom stereocenters. The number of aliphatic hydroxyl groups is 1. The topological polar surface area (TPSA) is 38.7 Å². The molecule has 1 aliphatic rings. The summed E-state index contributed by atoms with van der Waals surface area (Å²) in [6.45, 7) is 13.6. The summed E-state index contributed by atoms with van der Waals surface area (Å²) in [5.41, 5.74) is 2.67. The second kappa shape index (κ2) is 9.26. The zero-order chi connectivity index (χ0) is 16.7. The lowest BCUT2D eigenvalue weighted by molar-refractivity contribution is 0.146. The highest BCUT2D eigenvalue weighted by Crippen LogP contribution is 2.21. The van der Waals surface area contributed by atoms with Crippen molar-refractivity contribution < 1.29 is 5.11 Å². The molecule has 0 aromatic heterocycles. The molecule has 130 valence electrons. The summed E-state index contributed by atoms with van der Waals surface area (Å²) in [7, 11) is 0. The van der Waals surface area contributed by atoms with Crippen LogP contribution in [0.2, 0.25) is 0 Å². The van der Waals surface area contributed by atoms with Crippen molar-refractivity contribution in [2.45, 2.75) is 39.8 Å². The van der Waals surface area contributed by atoms with Crippen LogP contribution in [-0.4, -0.2) is 55.4 Å². The standard InChI is InChI=1S/C19H33N3O/c1-4-21-9-11-22(12-10-21)19-8-6-5-7-17(19)14-20-15-18(23)13-16(2)3/h5-8,16,18,20,23H,4,9-15H2,1-3H3. The van der Waals surface area contributed by atoms with E-state index >= 15 is 0 Å². The zero-order valence-corrected chi connectivity index (χ0v) is 15.0. The molecule has 23 heavy (non-hydrogen) atoms. The lowest BCUT2D eigenvalue weighted by Gasteiger charge is -2.36. The fourth-order valence-corrected chi connectivity index (χ4v) is 3.27. The third kappa shape index (κ3) is 5.79. The fourth-order valence-electron chi connectivity index (χ4n) is 3.27. The number of nitrogens with zero attached hydrogens (tertiary/aromatic N) is 2. The van der Waals surface area contributed by atoms with Crippen LogP contribution in [0.5, 0.6) is 0 Å². The van der Waals surface area contributed by atoms with Gasteiger partial charge >= 0.3 is 0 Å². The van der Waals surface area contributed by atoms with Gasteiger partial charge in [0.2, 0.25) is 0 Å². The first-order valence-electron chi connectivity index (χ1n) is 9.04. The maximum absolute atomic E-state index is 9.99. The van der Waals surface area contributed by atoms with E-state index in [0.29, 0.717) is 12.5 Å². The highest BCUT2D eigenvalue weighted by Gasteiger charge is 2.17. The van der Waals surface area contributed by atoms with Gasteiger partial charge in [0.15, 0.2) is 0 Å². The maximum Gasteiger partial charge on any atom is 0.0667 e. The third-order valence-electron chi connectivity index (χ3n) is 4.59. The molecule has 2 rings (SSSR count). The molecule has 0 amide bonds. The van der Waals surface area contributed by atoms with Gasteiger partial charge in [-0.1, -0.05) is 39.0 Å². The van der Waals surface area contributed by atoms with Crippen molar-refractivity contribution in [1.29, 1.82) is 0 Å². The first-order chi connectivity index (χ1) is 11.1. The Kier molecular flexibility index (Phi) is 7.34. The summed E-state index contributed by atoms with van der Waals surface area (Å²) >= 11 is 0. The molecule has 1 heterocycles. The fraction of sp³-hybridized carbons (Fsp3) is 0.684. The van der Waals surface area contributed by atoms with Crippen molar-refractivity contribution in [3.05, 3.63) is 29.8 Å². The van der Waals surface area contributed by atoms with Gasteiger partial charge in [0.05, 0.1) is 6.10 Å².